The first kappa shape index (κ1) is 20.6. The third kappa shape index (κ3) is 5.93. The van der Waals surface area contributed by atoms with Crippen molar-refractivity contribution in [2.24, 2.45) is 5.10 Å². The summed E-state index contributed by atoms with van der Waals surface area (Å²) in [4.78, 5) is 22.8. The summed E-state index contributed by atoms with van der Waals surface area (Å²) in [6.07, 6.45) is 1.38. The molecule has 0 aliphatic carbocycles. The number of carbonyl (C=O) groups excluding carboxylic acids is 1. The van der Waals surface area contributed by atoms with Crippen molar-refractivity contribution in [2.75, 3.05) is 13.2 Å². The van der Waals surface area contributed by atoms with Crippen molar-refractivity contribution in [3.8, 4) is 22.6 Å². The molecule has 3 aromatic carbocycles. The predicted molar refractivity (Wildman–Crippen MR) is 113 cm³/mol. The van der Waals surface area contributed by atoms with E-state index in [1.54, 1.807) is 30.3 Å². The maximum Gasteiger partial charge on any atom is 0.341 e. The lowest BCUT2D eigenvalue weighted by Crippen LogP contribution is -2.24. The standard InChI is InChI=1S/C23H20N2O5/c26-22(25-24-14-18-10-4-6-12-20(18)30-16-23(27)28)15-29-21-13-7-5-11-19(21)17-8-2-1-3-9-17/h1-14H,15-16H2,(H,25,26)(H,27,28)/b24-14-. The number of aliphatic carboxylic acids is 1. The second-order valence-electron chi connectivity index (χ2n) is 6.16. The number of carboxylic acids is 1. The van der Waals surface area contributed by atoms with Crippen molar-refractivity contribution in [1.29, 1.82) is 0 Å². The van der Waals surface area contributed by atoms with E-state index in [2.05, 4.69) is 10.5 Å². The molecule has 1 amide bonds. The summed E-state index contributed by atoms with van der Waals surface area (Å²) < 4.78 is 10.9. The Bertz CT molecular complexity index is 1030. The molecule has 0 aromatic heterocycles. The number of carbonyl (C=O) groups is 2. The Labute approximate surface area is 173 Å². The van der Waals surface area contributed by atoms with Crippen molar-refractivity contribution in [1.82, 2.24) is 5.43 Å². The summed E-state index contributed by atoms with van der Waals surface area (Å²) in [6, 6.07) is 24.0. The van der Waals surface area contributed by atoms with Crippen LogP contribution in [0.2, 0.25) is 0 Å². The summed E-state index contributed by atoms with van der Waals surface area (Å²) in [5, 5.41) is 12.6. The van der Waals surface area contributed by atoms with Crippen LogP contribution < -0.4 is 14.9 Å². The zero-order chi connectivity index (χ0) is 21.2. The van der Waals surface area contributed by atoms with Crippen LogP contribution in [0.3, 0.4) is 0 Å². The van der Waals surface area contributed by atoms with Gasteiger partial charge in [-0.15, -0.1) is 0 Å². The molecule has 0 atom stereocenters. The van der Waals surface area contributed by atoms with Crippen molar-refractivity contribution in [2.45, 2.75) is 0 Å². The van der Waals surface area contributed by atoms with E-state index in [-0.39, 0.29) is 6.61 Å². The van der Waals surface area contributed by atoms with Crippen LogP contribution in [0.4, 0.5) is 0 Å². The maximum atomic E-state index is 12.1. The van der Waals surface area contributed by atoms with Gasteiger partial charge in [-0.05, 0) is 23.8 Å². The van der Waals surface area contributed by atoms with Crippen LogP contribution >= 0.6 is 0 Å². The molecular weight excluding hydrogens is 384 g/mol. The quantitative estimate of drug-likeness (QED) is 0.421. The Morgan fingerprint density at radius 3 is 2.23 bits per heavy atom. The zero-order valence-corrected chi connectivity index (χ0v) is 16.0. The number of benzene rings is 3. The summed E-state index contributed by atoms with van der Waals surface area (Å²) in [5.41, 5.74) is 4.80. The van der Waals surface area contributed by atoms with Crippen LogP contribution in [0, 0.1) is 0 Å². The highest BCUT2D eigenvalue weighted by molar-refractivity contribution is 5.85. The first-order valence-corrected chi connectivity index (χ1v) is 9.16. The Morgan fingerprint density at radius 2 is 1.47 bits per heavy atom. The van der Waals surface area contributed by atoms with Crippen LogP contribution in [-0.2, 0) is 9.59 Å². The fourth-order valence-electron chi connectivity index (χ4n) is 2.66. The topological polar surface area (TPSA) is 97.2 Å². The molecule has 0 spiro atoms. The Balaban J connectivity index is 1.57. The predicted octanol–water partition coefficient (Wildman–Crippen LogP) is 3.35. The largest absolute Gasteiger partial charge is 0.483 e. The minimum Gasteiger partial charge on any atom is -0.483 e. The molecule has 7 heteroatoms. The molecule has 0 unspecified atom stereocenters. The average molecular weight is 404 g/mol. The summed E-state index contributed by atoms with van der Waals surface area (Å²) in [6.45, 7) is -0.676. The fourth-order valence-corrected chi connectivity index (χ4v) is 2.66. The minimum atomic E-state index is -1.08. The molecule has 0 aliphatic heterocycles. The van der Waals surface area contributed by atoms with Gasteiger partial charge in [-0.3, -0.25) is 4.79 Å². The van der Waals surface area contributed by atoms with Gasteiger partial charge in [-0.1, -0.05) is 60.7 Å². The van der Waals surface area contributed by atoms with E-state index in [0.29, 0.717) is 17.1 Å². The molecular formula is C23H20N2O5. The molecule has 3 aromatic rings. The second kappa shape index (κ2) is 10.4. The highest BCUT2D eigenvalue weighted by atomic mass is 16.5. The van der Waals surface area contributed by atoms with Crippen molar-refractivity contribution >= 4 is 18.1 Å². The highest BCUT2D eigenvalue weighted by Crippen LogP contribution is 2.29. The number of ether oxygens (including phenoxy) is 2. The fraction of sp³-hybridized carbons (Fsp3) is 0.0870. The van der Waals surface area contributed by atoms with Gasteiger partial charge in [0.1, 0.15) is 11.5 Å². The number of nitrogens with zero attached hydrogens (tertiary/aromatic N) is 1. The third-order valence-electron chi connectivity index (χ3n) is 3.99. The van der Waals surface area contributed by atoms with Gasteiger partial charge in [0.05, 0.1) is 6.21 Å². The van der Waals surface area contributed by atoms with Gasteiger partial charge in [-0.25, -0.2) is 10.2 Å². The van der Waals surface area contributed by atoms with Gasteiger partial charge in [0.25, 0.3) is 5.91 Å². The monoisotopic (exact) mass is 404 g/mol. The van der Waals surface area contributed by atoms with E-state index in [4.69, 9.17) is 14.6 Å². The van der Waals surface area contributed by atoms with E-state index in [9.17, 15) is 9.59 Å². The van der Waals surface area contributed by atoms with E-state index in [1.807, 2.05) is 48.5 Å². The molecule has 0 heterocycles. The van der Waals surface area contributed by atoms with Gasteiger partial charge in [-0.2, -0.15) is 5.10 Å². The van der Waals surface area contributed by atoms with Crippen molar-refractivity contribution < 1.29 is 24.2 Å². The summed E-state index contributed by atoms with van der Waals surface area (Å²) in [5.74, 6) is -0.567. The van der Waals surface area contributed by atoms with Gasteiger partial charge < -0.3 is 14.6 Å². The molecule has 7 nitrogen and oxygen atoms in total. The van der Waals surface area contributed by atoms with Gasteiger partial charge in [0.15, 0.2) is 13.2 Å². The first-order chi connectivity index (χ1) is 14.6. The number of carboxylic acid groups (broad SMARTS) is 1. The Morgan fingerprint density at radius 1 is 0.833 bits per heavy atom. The van der Waals surface area contributed by atoms with Crippen LogP contribution in [0.25, 0.3) is 11.1 Å². The molecule has 0 saturated heterocycles. The third-order valence-corrected chi connectivity index (χ3v) is 3.99. The van der Waals surface area contributed by atoms with Crippen LogP contribution in [-0.4, -0.2) is 36.4 Å². The number of hydrogen-bond acceptors (Lipinski definition) is 5. The van der Waals surface area contributed by atoms with E-state index >= 15 is 0 Å². The average Bonchev–Trinajstić information content (AvgIpc) is 2.78. The van der Waals surface area contributed by atoms with Crippen LogP contribution in [0.5, 0.6) is 11.5 Å². The number of rotatable bonds is 9. The molecule has 152 valence electrons. The molecule has 0 bridgehead atoms. The van der Waals surface area contributed by atoms with Gasteiger partial charge in [0.2, 0.25) is 0 Å². The molecule has 2 N–H and O–H groups in total. The number of hydrazone groups is 1. The SMILES string of the molecule is O=C(O)COc1ccccc1/C=N\NC(=O)COc1ccccc1-c1ccccc1. The van der Waals surface area contributed by atoms with Crippen molar-refractivity contribution in [3.05, 3.63) is 84.4 Å². The number of nitrogens with one attached hydrogen (secondary N) is 1. The molecule has 3 rings (SSSR count). The zero-order valence-electron chi connectivity index (χ0n) is 16.0. The second-order valence-corrected chi connectivity index (χ2v) is 6.16. The normalized spacial score (nSPS) is 10.5. The molecule has 0 radical (unpaired) electrons. The van der Waals surface area contributed by atoms with E-state index in [1.165, 1.54) is 6.21 Å². The molecule has 0 fully saturated rings. The molecule has 30 heavy (non-hydrogen) atoms. The van der Waals surface area contributed by atoms with Crippen LogP contribution in [0.1, 0.15) is 5.56 Å². The Kier molecular flexibility index (Phi) is 7.16. The first-order valence-electron chi connectivity index (χ1n) is 9.16. The van der Waals surface area contributed by atoms with E-state index < -0.39 is 18.5 Å². The van der Waals surface area contributed by atoms with Gasteiger partial charge in [0, 0.05) is 11.1 Å². The number of para-hydroxylation sites is 2. The smallest absolute Gasteiger partial charge is 0.341 e. The van der Waals surface area contributed by atoms with Gasteiger partial charge >= 0.3 is 5.97 Å². The lowest BCUT2D eigenvalue weighted by atomic mass is 10.1. The maximum absolute atomic E-state index is 12.1. The number of hydrogen-bond donors (Lipinski definition) is 2. The molecule has 0 aliphatic rings. The Hall–Kier alpha value is -4.13. The number of amides is 1. The minimum absolute atomic E-state index is 0.210. The lowest BCUT2D eigenvalue weighted by Gasteiger charge is -2.11. The van der Waals surface area contributed by atoms with Crippen molar-refractivity contribution in [3.63, 3.8) is 0 Å². The molecule has 0 saturated carbocycles. The van der Waals surface area contributed by atoms with E-state index in [0.717, 1.165) is 11.1 Å². The highest BCUT2D eigenvalue weighted by Gasteiger charge is 2.08. The van der Waals surface area contributed by atoms with Crippen LogP contribution in [0.15, 0.2) is 84.0 Å². The summed E-state index contributed by atoms with van der Waals surface area (Å²) >= 11 is 0. The lowest BCUT2D eigenvalue weighted by molar-refractivity contribution is -0.139. The summed E-state index contributed by atoms with van der Waals surface area (Å²) in [7, 11) is 0.